The van der Waals surface area contributed by atoms with Crippen LogP contribution in [0.1, 0.15) is 37.8 Å². The number of carbonyl (C=O) groups excluding carboxylic acids is 1. The second-order valence-electron chi connectivity index (χ2n) is 5.61. The molecule has 0 bridgehead atoms. The van der Waals surface area contributed by atoms with Crippen molar-refractivity contribution in [2.24, 2.45) is 0 Å². The van der Waals surface area contributed by atoms with E-state index in [0.29, 0.717) is 24.5 Å². The summed E-state index contributed by atoms with van der Waals surface area (Å²) in [7, 11) is 0. The van der Waals surface area contributed by atoms with Crippen LogP contribution >= 0.6 is 11.6 Å². The molecule has 0 atom stereocenters. The van der Waals surface area contributed by atoms with E-state index in [1.54, 1.807) is 12.1 Å². The Morgan fingerprint density at radius 2 is 1.67 bits per heavy atom. The summed E-state index contributed by atoms with van der Waals surface area (Å²) < 4.78 is 5.61. The van der Waals surface area contributed by atoms with Gasteiger partial charge in [0.1, 0.15) is 5.75 Å². The first-order valence-corrected chi connectivity index (χ1v) is 8.80. The van der Waals surface area contributed by atoms with Crippen LogP contribution in [0.3, 0.4) is 0 Å². The lowest BCUT2D eigenvalue weighted by Gasteiger charge is -2.14. The molecule has 128 valence electrons. The Kier molecular flexibility index (Phi) is 7.13. The van der Waals surface area contributed by atoms with Gasteiger partial charge >= 0.3 is 0 Å². The summed E-state index contributed by atoms with van der Waals surface area (Å²) in [5.41, 5.74) is 3.34. The van der Waals surface area contributed by atoms with Crippen LogP contribution in [-0.2, 0) is 17.6 Å². The normalized spacial score (nSPS) is 10.5. The summed E-state index contributed by atoms with van der Waals surface area (Å²) in [6.07, 6.45) is 2.92. The van der Waals surface area contributed by atoms with E-state index in [9.17, 15) is 4.79 Å². The fourth-order valence-electron chi connectivity index (χ4n) is 2.56. The highest BCUT2D eigenvalue weighted by Gasteiger charge is 2.10. The first-order valence-electron chi connectivity index (χ1n) is 8.43. The molecule has 1 N–H and O–H groups in total. The molecule has 2 aromatic carbocycles. The number of hydrogen-bond acceptors (Lipinski definition) is 2. The molecule has 0 radical (unpaired) electrons. The van der Waals surface area contributed by atoms with Gasteiger partial charge in [0.25, 0.3) is 0 Å². The van der Waals surface area contributed by atoms with Crippen molar-refractivity contribution in [3.8, 4) is 5.75 Å². The molecule has 0 aliphatic carbocycles. The van der Waals surface area contributed by atoms with E-state index in [2.05, 4.69) is 31.3 Å². The number of amides is 1. The third-order valence-corrected chi connectivity index (χ3v) is 4.15. The first-order chi connectivity index (χ1) is 11.6. The van der Waals surface area contributed by atoms with E-state index in [0.717, 1.165) is 24.3 Å². The number of para-hydroxylation sites is 1. The number of carbonyl (C=O) groups is 1. The predicted octanol–water partition coefficient (Wildman–Crippen LogP) is 5.26. The molecule has 0 saturated heterocycles. The third kappa shape index (κ3) is 5.27. The Morgan fingerprint density at radius 1 is 1.04 bits per heavy atom. The van der Waals surface area contributed by atoms with Crippen molar-refractivity contribution in [2.75, 3.05) is 11.9 Å². The van der Waals surface area contributed by atoms with Crippen molar-refractivity contribution in [1.82, 2.24) is 0 Å². The molecule has 3 nitrogen and oxygen atoms in total. The fourth-order valence-corrected chi connectivity index (χ4v) is 2.68. The average molecular weight is 346 g/mol. The number of hydrogen-bond donors (Lipinski definition) is 1. The minimum Gasteiger partial charge on any atom is -0.494 e. The van der Waals surface area contributed by atoms with Gasteiger partial charge in [0.15, 0.2) is 0 Å². The van der Waals surface area contributed by atoms with Crippen molar-refractivity contribution in [2.45, 2.75) is 39.5 Å². The standard InChI is InChI=1S/C20H24ClNO2/c1-3-15-7-5-8-16(4-2)20(15)22-19(23)9-6-14-24-18-12-10-17(21)11-13-18/h5,7-8,10-13H,3-4,6,9,14H2,1-2H3,(H,22,23). The molecule has 1 amide bonds. The third-order valence-electron chi connectivity index (χ3n) is 3.89. The number of aryl methyl sites for hydroxylation is 2. The number of nitrogens with one attached hydrogen (secondary N) is 1. The van der Waals surface area contributed by atoms with Crippen molar-refractivity contribution in [3.63, 3.8) is 0 Å². The van der Waals surface area contributed by atoms with Gasteiger partial charge < -0.3 is 10.1 Å². The summed E-state index contributed by atoms with van der Waals surface area (Å²) in [6.45, 7) is 4.71. The molecule has 0 aromatic heterocycles. The van der Waals surface area contributed by atoms with E-state index < -0.39 is 0 Å². The maximum absolute atomic E-state index is 12.2. The molecular weight excluding hydrogens is 322 g/mol. The number of anilines is 1. The largest absolute Gasteiger partial charge is 0.494 e. The van der Waals surface area contributed by atoms with Crippen LogP contribution in [0.2, 0.25) is 5.02 Å². The molecule has 0 saturated carbocycles. The molecule has 4 heteroatoms. The number of benzene rings is 2. The molecule has 0 aliphatic rings. The summed E-state index contributed by atoms with van der Waals surface area (Å²) in [5, 5.41) is 3.76. The van der Waals surface area contributed by atoms with Crippen LogP contribution in [0.15, 0.2) is 42.5 Å². The highest BCUT2D eigenvalue weighted by atomic mass is 35.5. The van der Waals surface area contributed by atoms with Crippen LogP contribution in [0, 0.1) is 0 Å². The van der Waals surface area contributed by atoms with Crippen molar-refractivity contribution in [3.05, 3.63) is 58.6 Å². The predicted molar refractivity (Wildman–Crippen MR) is 100 cm³/mol. The minimum atomic E-state index is 0.0327. The van der Waals surface area contributed by atoms with Crippen molar-refractivity contribution in [1.29, 1.82) is 0 Å². The van der Waals surface area contributed by atoms with E-state index >= 15 is 0 Å². The zero-order valence-electron chi connectivity index (χ0n) is 14.3. The Bertz CT molecular complexity index is 646. The maximum Gasteiger partial charge on any atom is 0.224 e. The molecular formula is C20H24ClNO2. The Labute approximate surface area is 149 Å². The fraction of sp³-hybridized carbons (Fsp3) is 0.350. The van der Waals surface area contributed by atoms with Gasteiger partial charge in [0.05, 0.1) is 6.61 Å². The van der Waals surface area contributed by atoms with Crippen molar-refractivity contribution >= 4 is 23.2 Å². The lowest BCUT2D eigenvalue weighted by molar-refractivity contribution is -0.116. The van der Waals surface area contributed by atoms with Crippen molar-refractivity contribution < 1.29 is 9.53 Å². The molecule has 0 heterocycles. The number of ether oxygens (including phenoxy) is 1. The van der Waals surface area contributed by atoms with E-state index in [-0.39, 0.29) is 5.91 Å². The van der Waals surface area contributed by atoms with Crippen LogP contribution in [0.25, 0.3) is 0 Å². The van der Waals surface area contributed by atoms with E-state index in [1.807, 2.05) is 18.2 Å². The zero-order valence-corrected chi connectivity index (χ0v) is 15.0. The summed E-state index contributed by atoms with van der Waals surface area (Å²) in [4.78, 5) is 12.2. The highest BCUT2D eigenvalue weighted by Crippen LogP contribution is 2.23. The molecule has 24 heavy (non-hydrogen) atoms. The molecule has 0 unspecified atom stereocenters. The van der Waals surface area contributed by atoms with Crippen LogP contribution in [0.5, 0.6) is 5.75 Å². The Hall–Kier alpha value is -2.00. The molecule has 2 rings (SSSR count). The minimum absolute atomic E-state index is 0.0327. The topological polar surface area (TPSA) is 38.3 Å². The van der Waals surface area contributed by atoms with Gasteiger partial charge in [-0.1, -0.05) is 43.6 Å². The van der Waals surface area contributed by atoms with Gasteiger partial charge in [0, 0.05) is 17.1 Å². The van der Waals surface area contributed by atoms with Gasteiger partial charge in [0.2, 0.25) is 5.91 Å². The second kappa shape index (κ2) is 9.33. The number of rotatable bonds is 8. The molecule has 0 aliphatic heterocycles. The molecule has 0 fully saturated rings. The summed E-state index contributed by atoms with van der Waals surface area (Å²) >= 11 is 5.83. The molecule has 2 aromatic rings. The van der Waals surface area contributed by atoms with Crippen LogP contribution < -0.4 is 10.1 Å². The molecule has 0 spiro atoms. The van der Waals surface area contributed by atoms with Gasteiger partial charge in [-0.2, -0.15) is 0 Å². The van der Waals surface area contributed by atoms with Gasteiger partial charge in [-0.15, -0.1) is 0 Å². The zero-order chi connectivity index (χ0) is 17.4. The van der Waals surface area contributed by atoms with Crippen LogP contribution in [0.4, 0.5) is 5.69 Å². The average Bonchev–Trinajstić information content (AvgIpc) is 2.60. The Balaban J connectivity index is 1.82. The van der Waals surface area contributed by atoms with E-state index in [1.165, 1.54) is 11.1 Å². The Morgan fingerprint density at radius 3 is 2.25 bits per heavy atom. The quantitative estimate of drug-likeness (QED) is 0.662. The first kappa shape index (κ1) is 18.3. The SMILES string of the molecule is CCc1cccc(CC)c1NC(=O)CCCOc1ccc(Cl)cc1. The summed E-state index contributed by atoms with van der Waals surface area (Å²) in [5.74, 6) is 0.801. The van der Waals surface area contributed by atoms with E-state index in [4.69, 9.17) is 16.3 Å². The second-order valence-corrected chi connectivity index (χ2v) is 6.05. The monoisotopic (exact) mass is 345 g/mol. The van der Waals surface area contributed by atoms with Crippen LogP contribution in [-0.4, -0.2) is 12.5 Å². The number of halogens is 1. The highest BCUT2D eigenvalue weighted by molar-refractivity contribution is 6.30. The van der Waals surface area contributed by atoms with Gasteiger partial charge in [-0.25, -0.2) is 0 Å². The lowest BCUT2D eigenvalue weighted by atomic mass is 10.0. The lowest BCUT2D eigenvalue weighted by Crippen LogP contribution is -2.15. The smallest absolute Gasteiger partial charge is 0.224 e. The van der Waals surface area contributed by atoms with Gasteiger partial charge in [-0.3, -0.25) is 4.79 Å². The maximum atomic E-state index is 12.2. The summed E-state index contributed by atoms with van der Waals surface area (Å²) in [6, 6.07) is 13.4. The van der Waals surface area contributed by atoms with Gasteiger partial charge in [-0.05, 0) is 54.7 Å².